The minimum absolute atomic E-state index is 0.000265. The van der Waals surface area contributed by atoms with Crippen molar-refractivity contribution >= 4 is 34.6 Å². The van der Waals surface area contributed by atoms with Crippen LogP contribution < -0.4 is 0 Å². The molecule has 0 saturated carbocycles. The third-order valence-corrected chi connectivity index (χ3v) is 3.95. The maximum atomic E-state index is 12.2. The lowest BCUT2D eigenvalue weighted by molar-refractivity contribution is -1.05. The molecule has 0 amide bonds. The number of hydrazone groups is 2. The molecule has 0 saturated heterocycles. The predicted octanol–water partition coefficient (Wildman–Crippen LogP) is 3.09. The van der Waals surface area contributed by atoms with Gasteiger partial charge in [-0.1, -0.05) is 59.6 Å². The third kappa shape index (κ3) is 2.17. The highest BCUT2D eigenvalue weighted by Crippen LogP contribution is 2.34. The van der Waals surface area contributed by atoms with Gasteiger partial charge in [0.1, 0.15) is 0 Å². The van der Waals surface area contributed by atoms with Crippen molar-refractivity contribution in [3.8, 4) is 0 Å². The molecule has 4 nitrogen and oxygen atoms in total. The third-order valence-electron chi connectivity index (χ3n) is 3.24. The van der Waals surface area contributed by atoms with Gasteiger partial charge in [-0.15, -0.1) is 0 Å². The van der Waals surface area contributed by atoms with E-state index < -0.39 is 4.33 Å². The van der Waals surface area contributed by atoms with Gasteiger partial charge in [-0.25, -0.2) is 0 Å². The van der Waals surface area contributed by atoms with Crippen molar-refractivity contribution in [2.45, 2.75) is 4.33 Å². The summed E-state index contributed by atoms with van der Waals surface area (Å²) >= 11 is 12.7. The van der Waals surface area contributed by atoms with E-state index in [0.717, 1.165) is 0 Å². The van der Waals surface area contributed by atoms with E-state index in [2.05, 4.69) is 0 Å². The molecule has 2 aromatic rings. The molecule has 21 heavy (non-hydrogen) atoms. The van der Waals surface area contributed by atoms with E-state index in [-0.39, 0.29) is 21.1 Å². The summed E-state index contributed by atoms with van der Waals surface area (Å²) in [6.45, 7) is 0. The summed E-state index contributed by atoms with van der Waals surface area (Å²) in [6, 6.07) is 17.3. The monoisotopic (exact) mass is 320 g/mol. The Morgan fingerprint density at radius 2 is 1.00 bits per heavy atom. The highest BCUT2D eigenvalue weighted by molar-refractivity contribution is 6.71. The molecule has 0 atom stereocenters. The van der Waals surface area contributed by atoms with Crippen LogP contribution in [0.3, 0.4) is 0 Å². The second-order valence-electron chi connectivity index (χ2n) is 4.55. The van der Waals surface area contributed by atoms with Crippen LogP contribution in [0.1, 0.15) is 11.1 Å². The summed E-state index contributed by atoms with van der Waals surface area (Å²) in [6.07, 6.45) is 0. The Balaban J connectivity index is 2.17. The first-order valence-electron chi connectivity index (χ1n) is 6.21. The molecule has 0 aliphatic carbocycles. The van der Waals surface area contributed by atoms with E-state index in [1.165, 1.54) is 0 Å². The molecule has 0 aromatic heterocycles. The molecule has 0 spiro atoms. The van der Waals surface area contributed by atoms with Crippen molar-refractivity contribution in [2.24, 2.45) is 0 Å². The Morgan fingerprint density at radius 3 is 1.33 bits per heavy atom. The molecule has 0 bridgehead atoms. The first kappa shape index (κ1) is 13.9. The molecule has 0 radical (unpaired) electrons. The Labute approximate surface area is 131 Å². The summed E-state index contributed by atoms with van der Waals surface area (Å²) in [5, 5.41) is 24.4. The smallest absolute Gasteiger partial charge is 0.318 e. The first-order chi connectivity index (χ1) is 10.0. The van der Waals surface area contributed by atoms with Gasteiger partial charge >= 0.3 is 15.8 Å². The number of nitrogens with zero attached hydrogens (tertiary/aromatic N) is 2. The van der Waals surface area contributed by atoms with Crippen LogP contribution in [0.25, 0.3) is 0 Å². The van der Waals surface area contributed by atoms with E-state index in [0.29, 0.717) is 11.1 Å². The zero-order valence-corrected chi connectivity index (χ0v) is 12.3. The fourth-order valence-corrected chi connectivity index (χ4v) is 3.04. The van der Waals surface area contributed by atoms with Crippen molar-refractivity contribution in [1.82, 2.24) is 0 Å². The van der Waals surface area contributed by atoms with Gasteiger partial charge < -0.3 is 10.4 Å². The number of benzene rings is 2. The van der Waals surface area contributed by atoms with E-state index in [1.54, 1.807) is 60.7 Å². The van der Waals surface area contributed by atoms with Gasteiger partial charge in [-0.3, -0.25) is 0 Å². The zero-order chi connectivity index (χ0) is 15.0. The molecular formula is C15H10Cl2N2O2. The van der Waals surface area contributed by atoms with Crippen LogP contribution in [0.5, 0.6) is 0 Å². The zero-order valence-electron chi connectivity index (χ0n) is 10.7. The fourth-order valence-electron chi connectivity index (χ4n) is 2.31. The van der Waals surface area contributed by atoms with Crippen molar-refractivity contribution in [1.29, 1.82) is 0 Å². The molecular weight excluding hydrogens is 311 g/mol. The summed E-state index contributed by atoms with van der Waals surface area (Å²) in [7, 11) is 0. The minimum atomic E-state index is -1.72. The van der Waals surface area contributed by atoms with E-state index in [9.17, 15) is 10.4 Å². The quantitative estimate of drug-likeness (QED) is 0.485. The summed E-state index contributed by atoms with van der Waals surface area (Å²) < 4.78 is -1.72. The van der Waals surface area contributed by atoms with Crippen LogP contribution >= 0.6 is 23.2 Å². The largest absolute Gasteiger partial charge is 0.561 e. The van der Waals surface area contributed by atoms with Crippen LogP contribution in [0.15, 0.2) is 60.7 Å². The van der Waals surface area contributed by atoms with Crippen molar-refractivity contribution in [3.05, 3.63) is 82.2 Å². The SMILES string of the molecule is [O-][N+]1=C(c2ccccc2)C(Cl)(Cl)C(c2ccccc2)=[N+]1[O-]. The maximum Gasteiger partial charge on any atom is 0.318 e. The number of halogens is 2. The summed E-state index contributed by atoms with van der Waals surface area (Å²) in [4.78, 5) is 0.384. The maximum absolute atomic E-state index is 12.2. The molecule has 1 aliphatic heterocycles. The van der Waals surface area contributed by atoms with E-state index in [1.807, 2.05) is 0 Å². The second-order valence-corrected chi connectivity index (χ2v) is 5.88. The Kier molecular flexibility index (Phi) is 3.35. The van der Waals surface area contributed by atoms with Crippen LogP contribution in [0, 0.1) is 10.4 Å². The Bertz CT molecular complexity index is 677. The highest BCUT2D eigenvalue weighted by Gasteiger charge is 2.58. The summed E-state index contributed by atoms with van der Waals surface area (Å²) in [5.74, 6) is 0. The first-order valence-corrected chi connectivity index (χ1v) is 6.97. The second kappa shape index (κ2) is 5.06. The lowest BCUT2D eigenvalue weighted by Gasteiger charge is -2.09. The van der Waals surface area contributed by atoms with Crippen LogP contribution in [-0.4, -0.2) is 25.5 Å². The van der Waals surface area contributed by atoms with Crippen LogP contribution in [0.4, 0.5) is 0 Å². The molecule has 0 N–H and O–H groups in total. The van der Waals surface area contributed by atoms with Gasteiger partial charge in [0.05, 0.1) is 20.8 Å². The molecule has 2 aromatic carbocycles. The molecule has 1 aliphatic rings. The lowest BCUT2D eigenvalue weighted by atomic mass is 10.00. The van der Waals surface area contributed by atoms with Gasteiger partial charge in [-0.2, -0.15) is 0 Å². The molecule has 3 rings (SSSR count). The van der Waals surface area contributed by atoms with E-state index in [4.69, 9.17) is 23.2 Å². The van der Waals surface area contributed by atoms with Gasteiger partial charge in [0.25, 0.3) is 0 Å². The molecule has 0 unspecified atom stereocenters. The van der Waals surface area contributed by atoms with Crippen LogP contribution in [-0.2, 0) is 0 Å². The number of hydrogen-bond donors (Lipinski definition) is 0. The van der Waals surface area contributed by atoms with Crippen molar-refractivity contribution in [2.75, 3.05) is 0 Å². The van der Waals surface area contributed by atoms with Gasteiger partial charge in [-0.05, 0) is 24.3 Å². The number of hydrazine groups is 1. The number of hydrogen-bond acceptors (Lipinski definition) is 2. The van der Waals surface area contributed by atoms with Crippen molar-refractivity contribution in [3.63, 3.8) is 0 Å². The molecule has 6 heteroatoms. The average molecular weight is 321 g/mol. The molecule has 1 heterocycles. The summed E-state index contributed by atoms with van der Waals surface area (Å²) in [5.41, 5.74) is 1.01. The normalized spacial score (nSPS) is 17.4. The standard InChI is InChI=1S/C15H10Cl2N2O2/c16-15(17)13(11-7-3-1-4-8-11)18(20)19(21)14(15)12-9-5-2-6-10-12/h1-10H. The fraction of sp³-hybridized carbons (Fsp3) is 0.0667. The number of rotatable bonds is 2. The average Bonchev–Trinajstić information content (AvgIpc) is 2.66. The number of alkyl halides is 2. The van der Waals surface area contributed by atoms with E-state index >= 15 is 0 Å². The predicted molar refractivity (Wildman–Crippen MR) is 82.8 cm³/mol. The van der Waals surface area contributed by atoms with Crippen LogP contribution in [0.2, 0.25) is 0 Å². The van der Waals surface area contributed by atoms with Gasteiger partial charge in [0.15, 0.2) is 0 Å². The Hall–Kier alpha value is -2.04. The van der Waals surface area contributed by atoms with Gasteiger partial charge in [0.2, 0.25) is 0 Å². The van der Waals surface area contributed by atoms with Gasteiger partial charge in [0, 0.05) is 0 Å². The minimum Gasteiger partial charge on any atom is -0.561 e. The van der Waals surface area contributed by atoms with Crippen molar-refractivity contribution < 1.29 is 9.70 Å². The molecule has 0 fully saturated rings. The molecule has 106 valence electrons. The topological polar surface area (TPSA) is 52.1 Å². The Morgan fingerprint density at radius 1 is 0.667 bits per heavy atom. The highest BCUT2D eigenvalue weighted by atomic mass is 35.5. The lowest BCUT2D eigenvalue weighted by Crippen LogP contribution is -2.35.